The highest BCUT2D eigenvalue weighted by atomic mass is 19.3. The Morgan fingerprint density at radius 2 is 2.12 bits per heavy atom. The molecule has 0 radical (unpaired) electrons. The number of rotatable bonds is 13. The molecule has 0 saturated heterocycles. The number of aliphatic carboxylic acids is 1. The van der Waals surface area contributed by atoms with E-state index in [1.54, 1.807) is 6.92 Å². The molecule has 2 atom stereocenters. The second-order valence-corrected chi connectivity index (χ2v) is 9.13. The topological polar surface area (TPSA) is 101 Å². The zero-order valence-corrected chi connectivity index (χ0v) is 19.2. The van der Waals surface area contributed by atoms with Gasteiger partial charge >= 0.3 is 5.97 Å². The fraction of sp³-hybridized carbons (Fsp3) is 0.708. The van der Waals surface area contributed by atoms with E-state index in [0.29, 0.717) is 5.92 Å². The molecule has 7 nitrogen and oxygen atoms in total. The first-order chi connectivity index (χ1) is 15.9. The Labute approximate surface area is 193 Å². The maximum atomic E-state index is 12.6. The summed E-state index contributed by atoms with van der Waals surface area (Å²) in [5, 5.41) is 15.1. The number of ether oxygens (including phenoxy) is 1. The molecule has 0 unspecified atom stereocenters. The lowest BCUT2D eigenvalue weighted by Crippen LogP contribution is -2.45. The lowest BCUT2D eigenvalue weighted by Gasteiger charge is -2.35. The van der Waals surface area contributed by atoms with Gasteiger partial charge in [0.05, 0.1) is 6.10 Å². The molecule has 0 spiro atoms. The number of halogens is 2. The van der Waals surface area contributed by atoms with Crippen molar-refractivity contribution >= 4 is 17.7 Å². The van der Waals surface area contributed by atoms with E-state index < -0.39 is 36.7 Å². The van der Waals surface area contributed by atoms with Crippen LogP contribution in [0, 0.1) is 11.8 Å². The van der Waals surface area contributed by atoms with Gasteiger partial charge in [0.25, 0.3) is 0 Å². The van der Waals surface area contributed by atoms with E-state index in [0.717, 1.165) is 56.6 Å². The molecule has 1 amide bonds. The van der Waals surface area contributed by atoms with E-state index in [9.17, 15) is 23.5 Å². The predicted octanol–water partition coefficient (Wildman–Crippen LogP) is 3.81. The molecule has 1 aromatic rings. The summed E-state index contributed by atoms with van der Waals surface area (Å²) in [5.41, 5.74) is 2.39. The number of carboxylic acid groups (broad SMARTS) is 1. The highest BCUT2D eigenvalue weighted by Crippen LogP contribution is 2.34. The molecular weight excluding hydrogens is 432 g/mol. The summed E-state index contributed by atoms with van der Waals surface area (Å²) in [5.74, 6) is -1.12. The van der Waals surface area contributed by atoms with Crippen LogP contribution in [0.2, 0.25) is 0 Å². The number of pyridine rings is 1. The van der Waals surface area contributed by atoms with Crippen molar-refractivity contribution in [3.63, 3.8) is 0 Å². The Balaban J connectivity index is 1.33. The number of fused-ring (bicyclic) bond motifs is 1. The van der Waals surface area contributed by atoms with Crippen molar-refractivity contribution in [3.05, 3.63) is 23.4 Å². The molecule has 1 saturated carbocycles. The van der Waals surface area contributed by atoms with Gasteiger partial charge < -0.3 is 20.5 Å². The number of alkyl halides is 2. The summed E-state index contributed by atoms with van der Waals surface area (Å²) < 4.78 is 31.0. The number of aryl methyl sites for hydroxylation is 2. The van der Waals surface area contributed by atoms with Gasteiger partial charge in [-0.1, -0.05) is 13.0 Å². The van der Waals surface area contributed by atoms with Crippen molar-refractivity contribution in [2.45, 2.75) is 83.3 Å². The lowest BCUT2D eigenvalue weighted by atomic mass is 9.79. The minimum atomic E-state index is -2.60. The summed E-state index contributed by atoms with van der Waals surface area (Å²) in [6.45, 7) is 2.82. The number of hydrogen-bond donors (Lipinski definition) is 3. The minimum Gasteiger partial charge on any atom is -0.480 e. The van der Waals surface area contributed by atoms with Crippen molar-refractivity contribution in [3.8, 4) is 0 Å². The van der Waals surface area contributed by atoms with Crippen molar-refractivity contribution in [1.82, 2.24) is 10.3 Å². The summed E-state index contributed by atoms with van der Waals surface area (Å²) in [6.07, 6.45) is 3.34. The molecule has 9 heteroatoms. The smallest absolute Gasteiger partial charge is 0.326 e. The molecule has 2 heterocycles. The van der Waals surface area contributed by atoms with Gasteiger partial charge in [0.15, 0.2) is 0 Å². The molecule has 3 N–H and O–H groups in total. The molecule has 3 rings (SSSR count). The number of nitrogens with one attached hydrogen (secondary N) is 2. The van der Waals surface area contributed by atoms with Crippen molar-refractivity contribution in [2.24, 2.45) is 11.8 Å². The van der Waals surface area contributed by atoms with Crippen LogP contribution in [-0.4, -0.2) is 53.7 Å². The van der Waals surface area contributed by atoms with E-state index in [4.69, 9.17) is 9.72 Å². The molecule has 0 bridgehead atoms. The standard InChI is InChI=1S/C24H35F2N3O4/c1-2-16(14-21(25)26)23(30)29-20(24(31)32)9-11-33-19-12-15(13-19)5-7-18-8-6-17-4-3-10-27-22(17)28-18/h6,8,15-16,19-21H,2-5,7,9-14H2,1H3,(H,27,28)(H,29,30)(H,31,32)/t15-,16-,19-,20+/m1/s1. The van der Waals surface area contributed by atoms with Crippen LogP contribution in [0.5, 0.6) is 0 Å². The molecule has 184 valence electrons. The van der Waals surface area contributed by atoms with Crippen LogP contribution in [0.15, 0.2) is 12.1 Å². The minimum absolute atomic E-state index is 0.0977. The Kier molecular flexibility index (Phi) is 9.41. The molecule has 1 aliphatic heterocycles. The highest BCUT2D eigenvalue weighted by molar-refractivity contribution is 5.84. The van der Waals surface area contributed by atoms with Crippen molar-refractivity contribution in [1.29, 1.82) is 0 Å². The van der Waals surface area contributed by atoms with Gasteiger partial charge in [0.1, 0.15) is 11.9 Å². The zero-order chi connectivity index (χ0) is 23.8. The Morgan fingerprint density at radius 1 is 1.33 bits per heavy atom. The van der Waals surface area contributed by atoms with Gasteiger partial charge in [-0.25, -0.2) is 18.6 Å². The first-order valence-electron chi connectivity index (χ1n) is 12.0. The summed E-state index contributed by atoms with van der Waals surface area (Å²) in [4.78, 5) is 28.3. The predicted molar refractivity (Wildman–Crippen MR) is 120 cm³/mol. The normalized spacial score (nSPS) is 21.5. The second kappa shape index (κ2) is 12.3. The summed E-state index contributed by atoms with van der Waals surface area (Å²) in [7, 11) is 0. The fourth-order valence-electron chi connectivity index (χ4n) is 4.48. The number of carbonyl (C=O) groups is 2. The molecule has 2 aliphatic rings. The molecule has 1 fully saturated rings. The average molecular weight is 468 g/mol. The maximum absolute atomic E-state index is 12.6. The molecular formula is C24H35F2N3O4. The van der Waals surface area contributed by atoms with Crippen LogP contribution in [0.1, 0.15) is 63.1 Å². The van der Waals surface area contributed by atoms with Gasteiger partial charge in [-0.2, -0.15) is 0 Å². The van der Waals surface area contributed by atoms with Gasteiger partial charge in [0, 0.05) is 37.6 Å². The van der Waals surface area contributed by atoms with Gasteiger partial charge in [0.2, 0.25) is 12.3 Å². The van der Waals surface area contributed by atoms with E-state index >= 15 is 0 Å². The number of amides is 1. The summed E-state index contributed by atoms with van der Waals surface area (Å²) in [6, 6.07) is 3.15. The molecule has 33 heavy (non-hydrogen) atoms. The first-order valence-corrected chi connectivity index (χ1v) is 12.0. The maximum Gasteiger partial charge on any atom is 0.326 e. The van der Waals surface area contributed by atoms with Crippen LogP contribution >= 0.6 is 0 Å². The van der Waals surface area contributed by atoms with Crippen LogP contribution in [-0.2, 0) is 27.2 Å². The monoisotopic (exact) mass is 467 g/mol. The summed E-state index contributed by atoms with van der Waals surface area (Å²) >= 11 is 0. The SMILES string of the molecule is CC[C@H](CC(F)F)C(=O)N[C@@H](CCO[C@H]1C[C@H](CCc2ccc3c(n2)NCCC3)C1)C(=O)O. The van der Waals surface area contributed by atoms with Crippen molar-refractivity contribution in [2.75, 3.05) is 18.5 Å². The van der Waals surface area contributed by atoms with E-state index in [1.807, 2.05) is 0 Å². The van der Waals surface area contributed by atoms with E-state index in [2.05, 4.69) is 22.8 Å². The number of nitrogens with zero attached hydrogens (tertiary/aromatic N) is 1. The number of anilines is 1. The third-order valence-electron chi connectivity index (χ3n) is 6.65. The third kappa shape index (κ3) is 7.62. The van der Waals surface area contributed by atoms with Crippen LogP contribution in [0.25, 0.3) is 0 Å². The Morgan fingerprint density at radius 3 is 2.82 bits per heavy atom. The second-order valence-electron chi connectivity index (χ2n) is 9.13. The van der Waals surface area contributed by atoms with Crippen LogP contribution in [0.4, 0.5) is 14.6 Å². The van der Waals surface area contributed by atoms with Gasteiger partial charge in [-0.05, 0) is 62.5 Å². The number of carboxylic acids is 1. The average Bonchev–Trinajstić information content (AvgIpc) is 2.76. The molecule has 1 aliphatic carbocycles. The lowest BCUT2D eigenvalue weighted by molar-refractivity contribution is -0.143. The van der Waals surface area contributed by atoms with Crippen LogP contribution in [0.3, 0.4) is 0 Å². The van der Waals surface area contributed by atoms with E-state index in [1.165, 1.54) is 5.56 Å². The Bertz CT molecular complexity index is 802. The number of hydrogen-bond acceptors (Lipinski definition) is 5. The number of carbonyl (C=O) groups excluding carboxylic acids is 1. The largest absolute Gasteiger partial charge is 0.480 e. The van der Waals surface area contributed by atoms with E-state index in [-0.39, 0.29) is 25.6 Å². The molecule has 1 aromatic heterocycles. The number of aromatic nitrogens is 1. The Hall–Kier alpha value is -2.29. The van der Waals surface area contributed by atoms with Gasteiger partial charge in [-0.3, -0.25) is 4.79 Å². The quantitative estimate of drug-likeness (QED) is 0.408. The van der Waals surface area contributed by atoms with Gasteiger partial charge in [-0.15, -0.1) is 0 Å². The fourth-order valence-corrected chi connectivity index (χ4v) is 4.48. The first kappa shape index (κ1) is 25.3. The highest BCUT2D eigenvalue weighted by Gasteiger charge is 2.31. The van der Waals surface area contributed by atoms with Crippen LogP contribution < -0.4 is 10.6 Å². The third-order valence-corrected chi connectivity index (χ3v) is 6.65. The van der Waals surface area contributed by atoms with Crippen molar-refractivity contribution < 1.29 is 28.2 Å². The molecule has 0 aromatic carbocycles. The zero-order valence-electron chi connectivity index (χ0n) is 19.2.